The van der Waals surface area contributed by atoms with Crippen molar-refractivity contribution in [2.75, 3.05) is 60.2 Å². The van der Waals surface area contributed by atoms with Crippen molar-refractivity contribution in [3.05, 3.63) is 0 Å². The number of nitrogens with one attached hydrogen (secondary N) is 1. The molecule has 2 atom stereocenters. The van der Waals surface area contributed by atoms with Crippen molar-refractivity contribution in [3.8, 4) is 0 Å². The molecule has 23 heavy (non-hydrogen) atoms. The van der Waals surface area contributed by atoms with Crippen LogP contribution < -0.4 is 5.32 Å². The standard InChI is InChI=1S/C15H29N3O4.HI/c1-5-16-15(17-6-7-22-9-8-20-3)18-10-12(2)13(11-18)14(19)21-4;/h12-13H,5-11H2,1-4H3,(H,16,17);1H. The summed E-state index contributed by atoms with van der Waals surface area (Å²) in [7, 11) is 3.09. The second-order valence-corrected chi connectivity index (χ2v) is 5.35. The Morgan fingerprint density at radius 3 is 2.61 bits per heavy atom. The fraction of sp³-hybridized carbons (Fsp3) is 0.867. The van der Waals surface area contributed by atoms with Gasteiger partial charge in [0.15, 0.2) is 5.96 Å². The molecule has 1 saturated heterocycles. The Morgan fingerprint density at radius 1 is 1.26 bits per heavy atom. The second kappa shape index (κ2) is 12.8. The molecule has 1 N–H and O–H groups in total. The van der Waals surface area contributed by atoms with Crippen molar-refractivity contribution in [1.82, 2.24) is 10.2 Å². The SMILES string of the molecule is CCNC(=NCCOCCOC)N1CC(C)C(C(=O)OC)C1.I. The lowest BCUT2D eigenvalue weighted by molar-refractivity contribution is -0.145. The van der Waals surface area contributed by atoms with Crippen LogP contribution in [-0.2, 0) is 19.0 Å². The van der Waals surface area contributed by atoms with Crippen LogP contribution >= 0.6 is 24.0 Å². The molecule has 7 nitrogen and oxygen atoms in total. The molecule has 1 aliphatic rings. The Kier molecular flexibility index (Phi) is 12.4. The molecule has 1 aliphatic heterocycles. The molecule has 0 aromatic carbocycles. The van der Waals surface area contributed by atoms with Crippen LogP contribution in [0.1, 0.15) is 13.8 Å². The number of methoxy groups -OCH3 is 2. The molecule has 0 saturated carbocycles. The lowest BCUT2D eigenvalue weighted by Crippen LogP contribution is -2.40. The zero-order valence-electron chi connectivity index (χ0n) is 14.5. The first-order chi connectivity index (χ1) is 10.6. The summed E-state index contributed by atoms with van der Waals surface area (Å²) in [5.41, 5.74) is 0. The van der Waals surface area contributed by atoms with Crippen molar-refractivity contribution in [2.24, 2.45) is 16.8 Å². The lowest BCUT2D eigenvalue weighted by Gasteiger charge is -2.21. The van der Waals surface area contributed by atoms with Gasteiger partial charge in [-0.25, -0.2) is 0 Å². The topological polar surface area (TPSA) is 72.4 Å². The van der Waals surface area contributed by atoms with Crippen LogP contribution in [0.4, 0.5) is 0 Å². The summed E-state index contributed by atoms with van der Waals surface area (Å²) >= 11 is 0. The molecule has 1 fully saturated rings. The third kappa shape index (κ3) is 7.67. The van der Waals surface area contributed by atoms with Gasteiger partial charge in [0.1, 0.15) is 0 Å². The fourth-order valence-corrected chi connectivity index (χ4v) is 2.48. The predicted octanol–water partition coefficient (Wildman–Crippen LogP) is 0.974. The molecule has 8 heteroatoms. The van der Waals surface area contributed by atoms with Crippen LogP contribution in [0, 0.1) is 11.8 Å². The molecule has 0 bridgehead atoms. The van der Waals surface area contributed by atoms with E-state index in [9.17, 15) is 4.79 Å². The van der Waals surface area contributed by atoms with E-state index in [1.54, 1.807) is 7.11 Å². The molecule has 0 aliphatic carbocycles. The third-order valence-electron chi connectivity index (χ3n) is 3.68. The molecule has 1 rings (SSSR count). The summed E-state index contributed by atoms with van der Waals surface area (Å²) < 4.78 is 15.2. The van der Waals surface area contributed by atoms with E-state index in [4.69, 9.17) is 14.2 Å². The first-order valence-electron chi connectivity index (χ1n) is 7.81. The van der Waals surface area contributed by atoms with Crippen LogP contribution in [0.3, 0.4) is 0 Å². The molecule has 1 heterocycles. The van der Waals surface area contributed by atoms with Crippen LogP contribution in [-0.4, -0.2) is 77.0 Å². The number of carbonyl (C=O) groups excluding carboxylic acids is 1. The number of nitrogens with zero attached hydrogens (tertiary/aromatic N) is 2. The number of likely N-dealkylation sites (tertiary alicyclic amines) is 1. The van der Waals surface area contributed by atoms with Crippen molar-refractivity contribution in [2.45, 2.75) is 13.8 Å². The summed E-state index contributed by atoms with van der Waals surface area (Å²) in [4.78, 5) is 18.4. The van der Waals surface area contributed by atoms with E-state index in [0.29, 0.717) is 32.9 Å². The number of hydrogen-bond acceptors (Lipinski definition) is 5. The Balaban J connectivity index is 0.00000484. The van der Waals surface area contributed by atoms with Crippen LogP contribution in [0.2, 0.25) is 0 Å². The zero-order valence-corrected chi connectivity index (χ0v) is 16.9. The molecule has 0 aromatic rings. The minimum Gasteiger partial charge on any atom is -0.469 e. The largest absolute Gasteiger partial charge is 0.469 e. The average molecular weight is 443 g/mol. The van der Waals surface area contributed by atoms with Crippen molar-refractivity contribution in [1.29, 1.82) is 0 Å². The van der Waals surface area contributed by atoms with Gasteiger partial charge in [-0.1, -0.05) is 6.92 Å². The number of aliphatic imine (C=N–C) groups is 1. The van der Waals surface area contributed by atoms with Gasteiger partial charge in [0.2, 0.25) is 0 Å². The van der Waals surface area contributed by atoms with Gasteiger partial charge >= 0.3 is 5.97 Å². The highest BCUT2D eigenvalue weighted by Crippen LogP contribution is 2.24. The number of carbonyl (C=O) groups is 1. The Morgan fingerprint density at radius 2 is 2.00 bits per heavy atom. The minimum absolute atomic E-state index is 0. The second-order valence-electron chi connectivity index (χ2n) is 5.35. The van der Waals surface area contributed by atoms with Gasteiger partial charge in [0.25, 0.3) is 0 Å². The number of rotatable bonds is 8. The first-order valence-corrected chi connectivity index (χ1v) is 7.81. The minimum atomic E-state index is -0.145. The van der Waals surface area contributed by atoms with Crippen LogP contribution in [0.15, 0.2) is 4.99 Å². The molecule has 0 aromatic heterocycles. The maximum Gasteiger partial charge on any atom is 0.310 e. The van der Waals surface area contributed by atoms with Gasteiger partial charge < -0.3 is 24.4 Å². The summed E-state index contributed by atoms with van der Waals surface area (Å²) in [5.74, 6) is 0.853. The number of ether oxygens (including phenoxy) is 3. The van der Waals surface area contributed by atoms with Gasteiger partial charge in [-0.05, 0) is 12.8 Å². The van der Waals surface area contributed by atoms with E-state index < -0.39 is 0 Å². The van der Waals surface area contributed by atoms with Crippen LogP contribution in [0.5, 0.6) is 0 Å². The fourth-order valence-electron chi connectivity index (χ4n) is 2.48. The predicted molar refractivity (Wildman–Crippen MR) is 100 cm³/mol. The Labute approximate surface area is 156 Å². The molecule has 0 radical (unpaired) electrons. The van der Waals surface area contributed by atoms with E-state index in [2.05, 4.69) is 22.1 Å². The normalized spacial score (nSPS) is 21.0. The van der Waals surface area contributed by atoms with Crippen molar-refractivity contribution < 1.29 is 19.0 Å². The molecule has 136 valence electrons. The highest BCUT2D eigenvalue weighted by Gasteiger charge is 2.36. The number of guanidine groups is 1. The number of halogens is 1. The number of esters is 1. The highest BCUT2D eigenvalue weighted by atomic mass is 127. The summed E-state index contributed by atoms with van der Waals surface area (Å²) in [5, 5.41) is 3.27. The zero-order chi connectivity index (χ0) is 16.4. The molecule has 2 unspecified atom stereocenters. The van der Waals surface area contributed by atoms with Gasteiger partial charge in [0, 0.05) is 26.7 Å². The summed E-state index contributed by atoms with van der Waals surface area (Å²) in [6.07, 6.45) is 0. The maximum atomic E-state index is 11.8. The first kappa shape index (κ1) is 22.4. The Bertz CT molecular complexity index is 369. The summed E-state index contributed by atoms with van der Waals surface area (Å²) in [6, 6.07) is 0. The lowest BCUT2D eigenvalue weighted by atomic mass is 9.99. The molecular weight excluding hydrogens is 413 g/mol. The quantitative estimate of drug-likeness (QED) is 0.198. The highest BCUT2D eigenvalue weighted by molar-refractivity contribution is 14.0. The average Bonchev–Trinajstić information content (AvgIpc) is 2.90. The molecular formula is C15H30IN3O4. The molecule has 0 spiro atoms. The summed E-state index contributed by atoms with van der Waals surface area (Å²) in [6.45, 7) is 8.64. The van der Waals surface area contributed by atoms with Gasteiger partial charge in [0.05, 0.1) is 39.4 Å². The van der Waals surface area contributed by atoms with Gasteiger partial charge in [-0.2, -0.15) is 0 Å². The van der Waals surface area contributed by atoms with E-state index in [-0.39, 0.29) is 41.8 Å². The van der Waals surface area contributed by atoms with Gasteiger partial charge in [-0.15, -0.1) is 24.0 Å². The Hall–Kier alpha value is -0.610. The third-order valence-corrected chi connectivity index (χ3v) is 3.68. The van der Waals surface area contributed by atoms with Gasteiger partial charge in [-0.3, -0.25) is 9.79 Å². The van der Waals surface area contributed by atoms with E-state index in [0.717, 1.165) is 19.0 Å². The molecule has 0 amide bonds. The van der Waals surface area contributed by atoms with E-state index in [1.165, 1.54) is 7.11 Å². The smallest absolute Gasteiger partial charge is 0.310 e. The number of hydrogen-bond donors (Lipinski definition) is 1. The van der Waals surface area contributed by atoms with E-state index in [1.807, 2.05) is 6.92 Å². The van der Waals surface area contributed by atoms with Crippen molar-refractivity contribution >= 4 is 35.9 Å². The van der Waals surface area contributed by atoms with Crippen LogP contribution in [0.25, 0.3) is 0 Å². The van der Waals surface area contributed by atoms with E-state index >= 15 is 0 Å². The monoisotopic (exact) mass is 443 g/mol. The maximum absolute atomic E-state index is 11.8. The van der Waals surface area contributed by atoms with Crippen molar-refractivity contribution in [3.63, 3.8) is 0 Å².